The smallest absolute Gasteiger partial charge is 0.401 e. The molecule has 31 heavy (non-hydrogen) atoms. The zero-order valence-corrected chi connectivity index (χ0v) is 16.6. The van der Waals surface area contributed by atoms with E-state index in [0.717, 1.165) is 27.7 Å². The van der Waals surface area contributed by atoms with E-state index in [0.29, 0.717) is 17.4 Å². The van der Waals surface area contributed by atoms with Crippen LogP contribution in [0.4, 0.5) is 19.0 Å². The fourth-order valence-corrected chi connectivity index (χ4v) is 3.23. The third-order valence-corrected chi connectivity index (χ3v) is 4.62. The van der Waals surface area contributed by atoms with Crippen LogP contribution in [-0.4, -0.2) is 41.5 Å². The van der Waals surface area contributed by atoms with Crippen LogP contribution in [0.3, 0.4) is 0 Å². The summed E-state index contributed by atoms with van der Waals surface area (Å²) in [4.78, 5) is 12.3. The number of hydrogen-bond acceptors (Lipinski definition) is 5. The molecule has 0 bridgehead atoms. The number of aromatic nitrogens is 3. The van der Waals surface area contributed by atoms with Gasteiger partial charge in [0, 0.05) is 24.2 Å². The van der Waals surface area contributed by atoms with Crippen molar-refractivity contribution in [2.45, 2.75) is 6.18 Å². The summed E-state index contributed by atoms with van der Waals surface area (Å²) in [6, 6.07) is 16.7. The average molecular weight is 427 g/mol. The Morgan fingerprint density at radius 2 is 1.87 bits per heavy atom. The number of rotatable bonds is 7. The molecule has 0 atom stereocenters. The van der Waals surface area contributed by atoms with Crippen LogP contribution >= 0.6 is 0 Å². The molecule has 4 rings (SSSR count). The van der Waals surface area contributed by atoms with Gasteiger partial charge in [0.2, 0.25) is 0 Å². The van der Waals surface area contributed by atoms with Crippen LogP contribution in [0.25, 0.3) is 33.5 Å². The summed E-state index contributed by atoms with van der Waals surface area (Å²) in [5.74, 6) is 1.72. The Balaban J connectivity index is 1.65. The Morgan fingerprint density at radius 1 is 1.03 bits per heavy atom. The fourth-order valence-electron chi connectivity index (χ4n) is 3.23. The quantitative estimate of drug-likeness (QED) is 0.291. The average Bonchev–Trinajstić information content (AvgIpc) is 3.30. The number of ether oxygens (including phenoxy) is 1. The van der Waals surface area contributed by atoms with E-state index >= 15 is 0 Å². The molecule has 2 aromatic heterocycles. The first-order valence-electron chi connectivity index (χ1n) is 9.57. The monoisotopic (exact) mass is 427 g/mol. The summed E-state index contributed by atoms with van der Waals surface area (Å²) >= 11 is 0. The maximum Gasteiger partial charge on any atom is 0.401 e. The van der Waals surface area contributed by atoms with Gasteiger partial charge in [0.25, 0.3) is 0 Å². The van der Waals surface area contributed by atoms with Crippen molar-refractivity contribution < 1.29 is 17.9 Å². The lowest BCUT2D eigenvalue weighted by molar-refractivity contribution is -0.126. The maximum atomic E-state index is 12.3. The number of nitrogens with one attached hydrogen (secondary N) is 3. The highest BCUT2D eigenvalue weighted by atomic mass is 19.4. The lowest BCUT2D eigenvalue weighted by Gasteiger charge is -2.14. The van der Waals surface area contributed by atoms with Crippen molar-refractivity contribution in [3.63, 3.8) is 0 Å². The molecule has 0 amide bonds. The molecule has 0 spiro atoms. The van der Waals surface area contributed by atoms with Gasteiger partial charge in [-0.25, -0.2) is 9.97 Å². The highest BCUT2D eigenvalue weighted by Gasteiger charge is 2.26. The van der Waals surface area contributed by atoms with Crippen molar-refractivity contribution in [1.29, 1.82) is 0 Å². The second-order valence-electron chi connectivity index (χ2n) is 6.79. The molecule has 9 heteroatoms. The van der Waals surface area contributed by atoms with E-state index in [1.807, 2.05) is 48.7 Å². The minimum Gasteiger partial charge on any atom is -0.478 e. The molecule has 3 N–H and O–H groups in total. The Bertz CT molecular complexity index is 1180. The molecule has 2 aromatic carbocycles. The molecule has 160 valence electrons. The van der Waals surface area contributed by atoms with E-state index in [1.54, 1.807) is 19.2 Å². The van der Waals surface area contributed by atoms with Gasteiger partial charge in [-0.05, 0) is 35.9 Å². The molecule has 0 aliphatic carbocycles. The van der Waals surface area contributed by atoms with Gasteiger partial charge >= 0.3 is 6.18 Å². The van der Waals surface area contributed by atoms with Crippen LogP contribution in [0, 0.1) is 0 Å². The minimum absolute atomic E-state index is 0.255. The Kier molecular flexibility index (Phi) is 5.77. The summed E-state index contributed by atoms with van der Waals surface area (Å²) in [5, 5.41) is 6.17. The lowest BCUT2D eigenvalue weighted by atomic mass is 10.0. The molecular weight excluding hydrogens is 407 g/mol. The van der Waals surface area contributed by atoms with Gasteiger partial charge in [-0.15, -0.1) is 0 Å². The zero-order valence-electron chi connectivity index (χ0n) is 16.6. The summed E-state index contributed by atoms with van der Waals surface area (Å²) in [7, 11) is 1.79. The Hall–Kier alpha value is -3.59. The van der Waals surface area contributed by atoms with Gasteiger partial charge in [-0.2, -0.15) is 13.2 Å². The van der Waals surface area contributed by atoms with Crippen molar-refractivity contribution in [3.8, 4) is 28.4 Å². The van der Waals surface area contributed by atoms with Crippen molar-refractivity contribution in [3.05, 3.63) is 60.8 Å². The first-order valence-corrected chi connectivity index (χ1v) is 9.57. The molecule has 0 unspecified atom stereocenters. The van der Waals surface area contributed by atoms with Gasteiger partial charge in [0.05, 0.1) is 17.8 Å². The summed E-state index contributed by atoms with van der Waals surface area (Å²) < 4.78 is 42.5. The fraction of sp³-hybridized carbons (Fsp3) is 0.182. The van der Waals surface area contributed by atoms with Crippen LogP contribution in [0.2, 0.25) is 0 Å². The third kappa shape index (κ3) is 4.77. The van der Waals surface area contributed by atoms with E-state index in [9.17, 15) is 13.2 Å². The number of alkyl halides is 3. The second-order valence-corrected chi connectivity index (χ2v) is 6.79. The number of hydrogen-bond donors (Lipinski definition) is 3. The van der Waals surface area contributed by atoms with Crippen molar-refractivity contribution >= 4 is 16.7 Å². The highest BCUT2D eigenvalue weighted by molar-refractivity contribution is 5.94. The summed E-state index contributed by atoms with van der Waals surface area (Å²) in [6.07, 6.45) is -2.48. The van der Waals surface area contributed by atoms with E-state index in [-0.39, 0.29) is 6.73 Å². The largest absolute Gasteiger partial charge is 0.478 e. The van der Waals surface area contributed by atoms with E-state index in [2.05, 4.69) is 25.6 Å². The summed E-state index contributed by atoms with van der Waals surface area (Å²) in [6.45, 7) is -1.37. The molecule has 6 nitrogen and oxygen atoms in total. The van der Waals surface area contributed by atoms with Crippen molar-refractivity contribution in [2.75, 3.05) is 25.6 Å². The predicted molar refractivity (Wildman–Crippen MR) is 114 cm³/mol. The first-order chi connectivity index (χ1) is 14.9. The summed E-state index contributed by atoms with van der Waals surface area (Å²) in [5.41, 5.74) is 3.17. The number of halogens is 3. The van der Waals surface area contributed by atoms with Gasteiger partial charge in [-0.3, -0.25) is 5.32 Å². The van der Waals surface area contributed by atoms with Gasteiger partial charge in [0.1, 0.15) is 18.3 Å². The van der Waals surface area contributed by atoms with Gasteiger partial charge in [0.15, 0.2) is 5.82 Å². The normalized spacial score (nSPS) is 11.6. The number of aromatic amines is 1. The lowest BCUT2D eigenvalue weighted by Crippen LogP contribution is -2.31. The maximum absolute atomic E-state index is 12.3. The number of nitrogens with zero attached hydrogens (tertiary/aromatic N) is 2. The topological polar surface area (TPSA) is 74.9 Å². The molecule has 0 aliphatic heterocycles. The molecule has 4 aromatic rings. The first kappa shape index (κ1) is 20.7. The number of H-pyrrole nitrogens is 1. The van der Waals surface area contributed by atoms with Crippen LogP contribution in [0.1, 0.15) is 0 Å². The van der Waals surface area contributed by atoms with Crippen molar-refractivity contribution in [1.82, 2.24) is 20.3 Å². The highest BCUT2D eigenvalue weighted by Crippen LogP contribution is 2.33. The Morgan fingerprint density at radius 3 is 2.61 bits per heavy atom. The molecule has 0 saturated heterocycles. The standard InChI is InChI=1S/C22H20F3N5O/c1-26-20-16-11-14(8-9-17(16)29-21(30-20)18-6-4-10-28-18)15-5-2-3-7-19(15)31-13-27-12-22(23,24)25/h2-11,27-28H,12-13H2,1H3,(H,26,29,30). The number of para-hydroxylation sites is 1. The number of fused-ring (bicyclic) bond motifs is 1. The predicted octanol–water partition coefficient (Wildman–Crippen LogP) is 4.82. The van der Waals surface area contributed by atoms with Gasteiger partial charge < -0.3 is 15.0 Å². The van der Waals surface area contributed by atoms with Crippen LogP contribution in [0.15, 0.2) is 60.8 Å². The van der Waals surface area contributed by atoms with Crippen LogP contribution < -0.4 is 15.4 Å². The van der Waals surface area contributed by atoms with Crippen molar-refractivity contribution in [2.24, 2.45) is 0 Å². The number of benzene rings is 2. The molecule has 0 saturated carbocycles. The third-order valence-electron chi connectivity index (χ3n) is 4.62. The van der Waals surface area contributed by atoms with Gasteiger partial charge in [-0.1, -0.05) is 24.3 Å². The van der Waals surface area contributed by atoms with E-state index < -0.39 is 12.7 Å². The Labute approximate surface area is 176 Å². The van der Waals surface area contributed by atoms with Crippen LogP contribution in [0.5, 0.6) is 5.75 Å². The molecule has 0 radical (unpaired) electrons. The molecular formula is C22H20F3N5O. The number of anilines is 1. The van der Waals surface area contributed by atoms with Crippen LogP contribution in [-0.2, 0) is 0 Å². The second kappa shape index (κ2) is 8.65. The minimum atomic E-state index is -4.29. The van der Waals surface area contributed by atoms with E-state index in [1.165, 1.54) is 0 Å². The zero-order chi connectivity index (χ0) is 21.8. The van der Waals surface area contributed by atoms with E-state index in [4.69, 9.17) is 4.74 Å². The SMILES string of the molecule is CNc1nc(-c2ccc[nH]2)nc2ccc(-c3ccccc3OCNCC(F)(F)F)cc12. The molecule has 0 aliphatic rings. The molecule has 2 heterocycles. The molecule has 0 fully saturated rings.